The number of hydrogen-bond donors (Lipinski definition) is 1. The number of fused-ring (bicyclic) bond motifs is 1. The Morgan fingerprint density at radius 2 is 2.00 bits per heavy atom. The van der Waals surface area contributed by atoms with Gasteiger partial charge in [-0.05, 0) is 29.8 Å². The van der Waals surface area contributed by atoms with Crippen LogP contribution in [0.25, 0.3) is 11.0 Å². The molecule has 3 aromatic rings. The van der Waals surface area contributed by atoms with Crippen molar-refractivity contribution in [3.05, 3.63) is 58.9 Å². The van der Waals surface area contributed by atoms with Gasteiger partial charge in [0.15, 0.2) is 5.82 Å². The Kier molecular flexibility index (Phi) is 2.87. The summed E-state index contributed by atoms with van der Waals surface area (Å²) < 4.78 is 15.4. The van der Waals surface area contributed by atoms with Gasteiger partial charge in [0.05, 0.1) is 12.1 Å². The number of hydrogen-bond acceptors (Lipinski definition) is 2. The lowest BCUT2D eigenvalue weighted by molar-refractivity contribution is 0.637. The molecular weight excluding hydrogens is 265 g/mol. The zero-order valence-corrected chi connectivity index (χ0v) is 10.7. The molecule has 1 heterocycles. The van der Waals surface area contributed by atoms with Crippen molar-refractivity contribution in [1.29, 1.82) is 0 Å². The van der Waals surface area contributed by atoms with Gasteiger partial charge in [0, 0.05) is 5.02 Å². The van der Waals surface area contributed by atoms with Crippen LogP contribution in [0.4, 0.5) is 10.3 Å². The fourth-order valence-corrected chi connectivity index (χ4v) is 2.33. The smallest absolute Gasteiger partial charge is 0.201 e. The van der Waals surface area contributed by atoms with E-state index >= 15 is 0 Å². The largest absolute Gasteiger partial charge is 0.369 e. The average Bonchev–Trinajstić information content (AvgIpc) is 2.69. The zero-order valence-electron chi connectivity index (χ0n) is 9.98. The summed E-state index contributed by atoms with van der Waals surface area (Å²) in [5.41, 5.74) is 7.82. The first-order chi connectivity index (χ1) is 9.15. The monoisotopic (exact) mass is 275 g/mol. The topological polar surface area (TPSA) is 43.8 Å². The second-order valence-corrected chi connectivity index (χ2v) is 4.73. The standard InChI is InChI=1S/C14H11ClFN3/c15-10-4-1-3-9(7-10)8-19-12-6-2-5-11(16)13(12)18-14(19)17/h1-7H,8H2,(H2,17,18). The maximum absolute atomic E-state index is 13.6. The van der Waals surface area contributed by atoms with Crippen LogP contribution < -0.4 is 5.73 Å². The first kappa shape index (κ1) is 12.0. The first-order valence-electron chi connectivity index (χ1n) is 5.80. The summed E-state index contributed by atoms with van der Waals surface area (Å²) in [4.78, 5) is 4.06. The summed E-state index contributed by atoms with van der Waals surface area (Å²) >= 11 is 5.95. The van der Waals surface area contributed by atoms with E-state index in [-0.39, 0.29) is 5.82 Å². The Hall–Kier alpha value is -2.07. The van der Waals surface area contributed by atoms with Gasteiger partial charge in [0.1, 0.15) is 5.52 Å². The number of benzene rings is 2. The highest BCUT2D eigenvalue weighted by Gasteiger charge is 2.11. The summed E-state index contributed by atoms with van der Waals surface area (Å²) in [7, 11) is 0. The molecule has 96 valence electrons. The number of anilines is 1. The van der Waals surface area contributed by atoms with Crippen LogP contribution in [-0.2, 0) is 6.54 Å². The van der Waals surface area contributed by atoms with Crippen LogP contribution in [0.1, 0.15) is 5.56 Å². The Balaban J connectivity index is 2.10. The number of para-hydroxylation sites is 1. The van der Waals surface area contributed by atoms with Gasteiger partial charge >= 0.3 is 0 Å². The second-order valence-electron chi connectivity index (χ2n) is 4.29. The van der Waals surface area contributed by atoms with Crippen molar-refractivity contribution in [2.45, 2.75) is 6.54 Å². The van der Waals surface area contributed by atoms with E-state index in [9.17, 15) is 4.39 Å². The van der Waals surface area contributed by atoms with E-state index in [0.717, 1.165) is 5.56 Å². The third kappa shape index (κ3) is 2.15. The molecule has 0 bridgehead atoms. The molecule has 5 heteroatoms. The van der Waals surface area contributed by atoms with E-state index < -0.39 is 0 Å². The second kappa shape index (κ2) is 4.55. The molecule has 0 aliphatic heterocycles. The fraction of sp³-hybridized carbons (Fsp3) is 0.0714. The lowest BCUT2D eigenvalue weighted by Crippen LogP contribution is -2.04. The molecule has 0 atom stereocenters. The van der Waals surface area contributed by atoms with Crippen LogP contribution >= 0.6 is 11.6 Å². The Morgan fingerprint density at radius 3 is 2.79 bits per heavy atom. The highest BCUT2D eigenvalue weighted by molar-refractivity contribution is 6.30. The summed E-state index contributed by atoms with van der Waals surface area (Å²) in [6.07, 6.45) is 0. The highest BCUT2D eigenvalue weighted by Crippen LogP contribution is 2.22. The first-order valence-corrected chi connectivity index (χ1v) is 6.17. The van der Waals surface area contributed by atoms with Crippen molar-refractivity contribution in [2.75, 3.05) is 5.73 Å². The minimum atomic E-state index is -0.367. The molecule has 0 aliphatic carbocycles. The van der Waals surface area contributed by atoms with Crippen molar-refractivity contribution in [3.63, 3.8) is 0 Å². The van der Waals surface area contributed by atoms with Gasteiger partial charge in [0.2, 0.25) is 5.95 Å². The van der Waals surface area contributed by atoms with Crippen molar-refractivity contribution in [2.24, 2.45) is 0 Å². The molecule has 0 amide bonds. The third-order valence-corrected chi connectivity index (χ3v) is 3.22. The number of halogens is 2. The molecule has 0 radical (unpaired) electrons. The number of nitrogens with two attached hydrogens (primary N) is 1. The molecule has 2 N–H and O–H groups in total. The summed E-state index contributed by atoms with van der Waals surface area (Å²) in [6, 6.07) is 12.3. The van der Waals surface area contributed by atoms with Gasteiger partial charge in [-0.1, -0.05) is 29.8 Å². The quantitative estimate of drug-likeness (QED) is 0.778. The molecule has 0 unspecified atom stereocenters. The summed E-state index contributed by atoms with van der Waals surface area (Å²) in [5.74, 6) is -0.0749. The van der Waals surface area contributed by atoms with Crippen LogP contribution in [0.3, 0.4) is 0 Å². The normalized spacial score (nSPS) is 11.1. The maximum Gasteiger partial charge on any atom is 0.201 e. The number of aromatic nitrogens is 2. The minimum Gasteiger partial charge on any atom is -0.369 e. The molecule has 1 aromatic heterocycles. The predicted octanol–water partition coefficient (Wildman–Crippen LogP) is 3.46. The van der Waals surface area contributed by atoms with Crippen molar-refractivity contribution in [1.82, 2.24) is 9.55 Å². The predicted molar refractivity (Wildman–Crippen MR) is 74.7 cm³/mol. The molecule has 0 saturated heterocycles. The molecule has 0 spiro atoms. The van der Waals surface area contributed by atoms with Crippen molar-refractivity contribution in [3.8, 4) is 0 Å². The number of nitrogens with zero attached hydrogens (tertiary/aromatic N) is 2. The molecule has 3 rings (SSSR count). The van der Waals surface area contributed by atoms with Crippen LogP contribution in [0.15, 0.2) is 42.5 Å². The average molecular weight is 276 g/mol. The van der Waals surface area contributed by atoms with Gasteiger partial charge in [-0.25, -0.2) is 9.37 Å². The summed E-state index contributed by atoms with van der Waals surface area (Å²) in [5, 5.41) is 0.659. The van der Waals surface area contributed by atoms with E-state index in [1.54, 1.807) is 22.8 Å². The van der Waals surface area contributed by atoms with E-state index in [4.69, 9.17) is 17.3 Å². The number of rotatable bonds is 2. The molecule has 0 aliphatic rings. The van der Waals surface area contributed by atoms with Gasteiger partial charge in [-0.3, -0.25) is 0 Å². The number of nitrogen functional groups attached to an aromatic ring is 1. The van der Waals surface area contributed by atoms with E-state index in [1.807, 2.05) is 18.2 Å². The van der Waals surface area contributed by atoms with Gasteiger partial charge in [-0.2, -0.15) is 0 Å². The Labute approximate surface area is 114 Å². The molecule has 3 nitrogen and oxygen atoms in total. The van der Waals surface area contributed by atoms with Crippen molar-refractivity contribution < 1.29 is 4.39 Å². The van der Waals surface area contributed by atoms with Gasteiger partial charge < -0.3 is 10.3 Å². The Morgan fingerprint density at radius 1 is 1.21 bits per heavy atom. The molecule has 2 aromatic carbocycles. The minimum absolute atomic E-state index is 0.292. The molecular formula is C14H11ClFN3. The zero-order chi connectivity index (χ0) is 13.4. The van der Waals surface area contributed by atoms with Gasteiger partial charge in [0.25, 0.3) is 0 Å². The van der Waals surface area contributed by atoms with E-state index in [1.165, 1.54) is 6.07 Å². The Bertz CT molecular complexity index is 752. The lowest BCUT2D eigenvalue weighted by atomic mass is 10.2. The van der Waals surface area contributed by atoms with Crippen molar-refractivity contribution >= 4 is 28.6 Å². The SMILES string of the molecule is Nc1nc2c(F)cccc2n1Cc1cccc(Cl)c1. The molecule has 0 saturated carbocycles. The van der Waals surface area contributed by atoms with Gasteiger partial charge in [-0.15, -0.1) is 0 Å². The van der Waals surface area contributed by atoms with Crippen LogP contribution in [0.2, 0.25) is 5.02 Å². The van der Waals surface area contributed by atoms with E-state index in [2.05, 4.69) is 4.98 Å². The fourth-order valence-electron chi connectivity index (χ4n) is 2.11. The highest BCUT2D eigenvalue weighted by atomic mass is 35.5. The molecule has 19 heavy (non-hydrogen) atoms. The van der Waals surface area contributed by atoms with Crippen LogP contribution in [-0.4, -0.2) is 9.55 Å². The third-order valence-electron chi connectivity index (χ3n) is 2.99. The lowest BCUT2D eigenvalue weighted by Gasteiger charge is -2.07. The van der Waals surface area contributed by atoms with Crippen LogP contribution in [0.5, 0.6) is 0 Å². The summed E-state index contributed by atoms with van der Waals surface area (Å²) in [6.45, 7) is 0.506. The number of imidazole rings is 1. The maximum atomic E-state index is 13.6. The van der Waals surface area contributed by atoms with E-state index in [0.29, 0.717) is 28.5 Å². The van der Waals surface area contributed by atoms with Crippen LogP contribution in [0, 0.1) is 5.82 Å². The molecule has 0 fully saturated rings.